The van der Waals surface area contributed by atoms with Crippen molar-refractivity contribution in [2.75, 3.05) is 0 Å². The Kier molecular flexibility index (Phi) is 4.91. The normalized spacial score (nSPS) is 45.9. The van der Waals surface area contributed by atoms with Gasteiger partial charge < -0.3 is 9.84 Å². The van der Waals surface area contributed by atoms with Gasteiger partial charge in [0.25, 0.3) is 0 Å². The highest BCUT2D eigenvalue weighted by Crippen LogP contribution is 2.67. The third-order valence-electron chi connectivity index (χ3n) is 9.46. The van der Waals surface area contributed by atoms with Crippen molar-refractivity contribution in [2.24, 2.45) is 40.4 Å². The van der Waals surface area contributed by atoms with Crippen LogP contribution in [0.15, 0.2) is 11.6 Å². The van der Waals surface area contributed by atoms with E-state index in [0.717, 1.165) is 38.5 Å². The van der Waals surface area contributed by atoms with E-state index in [0.29, 0.717) is 23.7 Å². The average Bonchev–Trinajstić information content (AvgIpc) is 2.98. The van der Waals surface area contributed by atoms with Gasteiger partial charge in [0.15, 0.2) is 0 Å². The van der Waals surface area contributed by atoms with E-state index in [1.807, 2.05) is 6.92 Å². The van der Waals surface area contributed by atoms with Crippen molar-refractivity contribution in [3.05, 3.63) is 11.6 Å². The molecule has 0 heterocycles. The van der Waals surface area contributed by atoms with E-state index in [1.165, 1.54) is 25.3 Å². The molecule has 4 nitrogen and oxygen atoms in total. The molecule has 8 atom stereocenters. The monoisotopic (exact) mass is 388 g/mol. The summed E-state index contributed by atoms with van der Waals surface area (Å²) in [6, 6.07) is 0. The van der Waals surface area contributed by atoms with Crippen molar-refractivity contribution in [3.8, 4) is 0 Å². The van der Waals surface area contributed by atoms with Gasteiger partial charge in [-0.3, -0.25) is 9.59 Å². The van der Waals surface area contributed by atoms with Crippen LogP contribution in [0.1, 0.15) is 79.1 Å². The predicted octanol–water partition coefficient (Wildman–Crippen LogP) is 5.22. The first-order valence-corrected chi connectivity index (χ1v) is 11.3. The fraction of sp³-hybridized carbons (Fsp3) is 0.833. The summed E-state index contributed by atoms with van der Waals surface area (Å²) in [6.07, 6.45) is 11.3. The quantitative estimate of drug-likeness (QED) is 0.532. The molecule has 0 amide bonds. The molecule has 4 aliphatic carbocycles. The highest BCUT2D eigenvalue weighted by Gasteiger charge is 2.59. The molecule has 4 heteroatoms. The standard InChI is InChI=1S/C24H36O4/c1-14(22(26)27)19-7-8-20-18-6-5-16-13-17(28-15(2)25)9-11-23(16,3)21(18)10-12-24(19,20)4/h5,14,17-21H,6-13H2,1-4H3,(H,26,27)/t14-,17-,18+,19-,20+,21+,23+,24-/m1/s1. The molecule has 0 aliphatic heterocycles. The Morgan fingerprint density at radius 1 is 1.14 bits per heavy atom. The van der Waals surface area contributed by atoms with Crippen molar-refractivity contribution in [3.63, 3.8) is 0 Å². The zero-order valence-corrected chi connectivity index (χ0v) is 17.9. The molecule has 0 aromatic carbocycles. The fourth-order valence-electron chi connectivity index (χ4n) is 8.00. The smallest absolute Gasteiger partial charge is 0.306 e. The van der Waals surface area contributed by atoms with Crippen LogP contribution >= 0.6 is 0 Å². The van der Waals surface area contributed by atoms with Crippen LogP contribution in [0.2, 0.25) is 0 Å². The molecule has 3 fully saturated rings. The summed E-state index contributed by atoms with van der Waals surface area (Å²) in [4.78, 5) is 23.1. The van der Waals surface area contributed by atoms with Crippen LogP contribution in [0.25, 0.3) is 0 Å². The molecule has 0 aromatic heterocycles. The van der Waals surface area contributed by atoms with Crippen LogP contribution in [0, 0.1) is 40.4 Å². The summed E-state index contributed by atoms with van der Waals surface area (Å²) in [5.41, 5.74) is 1.93. The number of carbonyl (C=O) groups is 2. The van der Waals surface area contributed by atoms with E-state index in [9.17, 15) is 14.7 Å². The van der Waals surface area contributed by atoms with E-state index in [4.69, 9.17) is 4.74 Å². The van der Waals surface area contributed by atoms with Gasteiger partial charge in [0, 0.05) is 13.3 Å². The lowest BCUT2D eigenvalue weighted by molar-refractivity contribution is -0.148. The summed E-state index contributed by atoms with van der Waals surface area (Å²) in [7, 11) is 0. The Balaban J connectivity index is 1.57. The molecule has 0 radical (unpaired) electrons. The second kappa shape index (κ2) is 6.88. The Labute approximate surface area is 169 Å². The molecular formula is C24H36O4. The fourth-order valence-corrected chi connectivity index (χ4v) is 8.00. The van der Waals surface area contributed by atoms with Gasteiger partial charge in [0.1, 0.15) is 6.10 Å². The second-order valence-electron chi connectivity index (χ2n) is 10.6. The van der Waals surface area contributed by atoms with Crippen molar-refractivity contribution in [1.82, 2.24) is 0 Å². The lowest BCUT2D eigenvalue weighted by Gasteiger charge is -2.58. The number of ether oxygens (including phenoxy) is 1. The number of allylic oxidation sites excluding steroid dienone is 1. The number of hydrogen-bond donors (Lipinski definition) is 1. The minimum Gasteiger partial charge on any atom is -0.481 e. The number of aliphatic carboxylic acids is 1. The lowest BCUT2D eigenvalue weighted by Crippen LogP contribution is -2.51. The molecular weight excluding hydrogens is 352 g/mol. The third-order valence-corrected chi connectivity index (χ3v) is 9.46. The van der Waals surface area contributed by atoms with Gasteiger partial charge in [-0.1, -0.05) is 32.4 Å². The number of rotatable bonds is 3. The highest BCUT2D eigenvalue weighted by atomic mass is 16.5. The van der Waals surface area contributed by atoms with Crippen molar-refractivity contribution >= 4 is 11.9 Å². The first-order valence-electron chi connectivity index (χ1n) is 11.3. The molecule has 0 saturated heterocycles. The molecule has 4 rings (SSSR count). The van der Waals surface area contributed by atoms with Crippen molar-refractivity contribution < 1.29 is 19.4 Å². The molecule has 0 spiro atoms. The lowest BCUT2D eigenvalue weighted by atomic mass is 9.47. The molecule has 4 aliphatic rings. The number of hydrogen-bond acceptors (Lipinski definition) is 3. The number of fused-ring (bicyclic) bond motifs is 5. The number of esters is 1. The molecule has 0 unspecified atom stereocenters. The Morgan fingerprint density at radius 2 is 1.89 bits per heavy atom. The zero-order valence-electron chi connectivity index (χ0n) is 17.9. The summed E-state index contributed by atoms with van der Waals surface area (Å²) in [6.45, 7) is 8.28. The first-order chi connectivity index (χ1) is 13.2. The summed E-state index contributed by atoms with van der Waals surface area (Å²) in [5.74, 6) is 1.31. The zero-order chi connectivity index (χ0) is 20.3. The molecule has 1 N–H and O–H groups in total. The number of carbonyl (C=O) groups excluding carboxylic acids is 1. The van der Waals surface area contributed by atoms with Crippen LogP contribution in [-0.4, -0.2) is 23.1 Å². The molecule has 0 bridgehead atoms. The maximum absolute atomic E-state index is 11.7. The minimum absolute atomic E-state index is 0.0505. The molecule has 3 saturated carbocycles. The molecule has 156 valence electrons. The van der Waals surface area contributed by atoms with Crippen LogP contribution < -0.4 is 0 Å². The average molecular weight is 389 g/mol. The van der Waals surface area contributed by atoms with Gasteiger partial charge in [0.05, 0.1) is 5.92 Å². The minimum atomic E-state index is -0.629. The second-order valence-corrected chi connectivity index (χ2v) is 10.6. The van der Waals surface area contributed by atoms with Gasteiger partial charge in [-0.05, 0) is 79.4 Å². The Morgan fingerprint density at radius 3 is 2.57 bits per heavy atom. The Hall–Kier alpha value is -1.32. The van der Waals surface area contributed by atoms with E-state index >= 15 is 0 Å². The summed E-state index contributed by atoms with van der Waals surface area (Å²) >= 11 is 0. The van der Waals surface area contributed by atoms with Gasteiger partial charge in [-0.25, -0.2) is 0 Å². The van der Waals surface area contributed by atoms with Gasteiger partial charge in [-0.2, -0.15) is 0 Å². The van der Waals surface area contributed by atoms with Crippen LogP contribution in [0.5, 0.6) is 0 Å². The molecule has 28 heavy (non-hydrogen) atoms. The van der Waals surface area contributed by atoms with Crippen LogP contribution in [-0.2, 0) is 14.3 Å². The largest absolute Gasteiger partial charge is 0.481 e. The molecule has 0 aromatic rings. The topological polar surface area (TPSA) is 63.6 Å². The SMILES string of the molecule is CC(=O)O[C@@H]1CC[C@@]2(C)C(=CC[C@H]3[C@@H]4CC[C@H]([C@@H](C)C(=O)O)[C@@]4(C)CC[C@@H]32)C1. The van der Waals surface area contributed by atoms with Gasteiger partial charge in [-0.15, -0.1) is 0 Å². The van der Waals surface area contributed by atoms with Crippen molar-refractivity contribution in [2.45, 2.75) is 85.2 Å². The van der Waals surface area contributed by atoms with E-state index in [1.54, 1.807) is 0 Å². The first kappa shape index (κ1) is 20.0. The highest BCUT2D eigenvalue weighted by molar-refractivity contribution is 5.70. The summed E-state index contributed by atoms with van der Waals surface area (Å²) in [5, 5.41) is 9.62. The maximum atomic E-state index is 11.7. The van der Waals surface area contributed by atoms with E-state index < -0.39 is 5.97 Å². The van der Waals surface area contributed by atoms with Crippen LogP contribution in [0.3, 0.4) is 0 Å². The maximum Gasteiger partial charge on any atom is 0.306 e. The van der Waals surface area contributed by atoms with Crippen LogP contribution in [0.4, 0.5) is 0 Å². The number of carboxylic acids is 1. The van der Waals surface area contributed by atoms with Gasteiger partial charge >= 0.3 is 11.9 Å². The predicted molar refractivity (Wildman–Crippen MR) is 108 cm³/mol. The third kappa shape index (κ3) is 2.93. The summed E-state index contributed by atoms with van der Waals surface area (Å²) < 4.78 is 5.53. The van der Waals surface area contributed by atoms with E-state index in [-0.39, 0.29) is 28.8 Å². The Bertz CT molecular complexity index is 697. The number of carboxylic acid groups (broad SMARTS) is 1. The van der Waals surface area contributed by atoms with E-state index in [2.05, 4.69) is 19.9 Å². The van der Waals surface area contributed by atoms with Gasteiger partial charge in [0.2, 0.25) is 0 Å². The van der Waals surface area contributed by atoms with Crippen molar-refractivity contribution in [1.29, 1.82) is 0 Å².